The van der Waals surface area contributed by atoms with Gasteiger partial charge in [-0.15, -0.1) is 0 Å². The first kappa shape index (κ1) is 12.4. The third-order valence-electron chi connectivity index (χ3n) is 2.43. The summed E-state index contributed by atoms with van der Waals surface area (Å²) < 4.78 is 0. The molecule has 2 N–H and O–H groups in total. The molecular weight excluding hydrogens is 234 g/mol. The highest BCUT2D eigenvalue weighted by atomic mass is 32.2. The summed E-state index contributed by atoms with van der Waals surface area (Å²) >= 11 is 1.58. The standard InChI is InChI=1S/C13H15NO2S/c15-7-12(16)9-17-8-11-6-5-10-3-1-2-4-13(10)14-11/h1-6,12,15-16H,7-9H2. The molecule has 1 aromatic carbocycles. The predicted molar refractivity (Wildman–Crippen MR) is 71.0 cm³/mol. The first-order valence-electron chi connectivity index (χ1n) is 5.51. The van der Waals surface area contributed by atoms with E-state index in [1.165, 1.54) is 0 Å². The fourth-order valence-electron chi connectivity index (χ4n) is 1.54. The SMILES string of the molecule is OCC(O)CSCc1ccc2ccccc2n1. The molecule has 2 rings (SSSR count). The molecule has 1 atom stereocenters. The molecule has 90 valence electrons. The minimum atomic E-state index is -0.638. The van der Waals surface area contributed by atoms with Crippen LogP contribution in [0, 0.1) is 0 Å². The zero-order chi connectivity index (χ0) is 12.1. The third-order valence-corrected chi connectivity index (χ3v) is 3.55. The first-order valence-corrected chi connectivity index (χ1v) is 6.66. The number of rotatable bonds is 5. The van der Waals surface area contributed by atoms with Crippen molar-refractivity contribution < 1.29 is 10.2 Å². The number of aliphatic hydroxyl groups excluding tert-OH is 2. The number of hydrogen-bond donors (Lipinski definition) is 2. The molecule has 1 aromatic heterocycles. The molecule has 0 aliphatic rings. The van der Waals surface area contributed by atoms with E-state index in [0.29, 0.717) is 5.75 Å². The molecule has 17 heavy (non-hydrogen) atoms. The zero-order valence-electron chi connectivity index (χ0n) is 9.41. The van der Waals surface area contributed by atoms with Gasteiger partial charge in [-0.05, 0) is 12.1 Å². The van der Waals surface area contributed by atoms with E-state index < -0.39 is 6.10 Å². The number of para-hydroxylation sites is 1. The molecule has 1 unspecified atom stereocenters. The highest BCUT2D eigenvalue weighted by molar-refractivity contribution is 7.98. The van der Waals surface area contributed by atoms with Crippen molar-refractivity contribution in [2.24, 2.45) is 0 Å². The van der Waals surface area contributed by atoms with Crippen molar-refractivity contribution in [1.29, 1.82) is 0 Å². The minimum Gasteiger partial charge on any atom is -0.394 e. The molecule has 0 fully saturated rings. The average Bonchev–Trinajstić information content (AvgIpc) is 2.38. The smallest absolute Gasteiger partial charge is 0.0861 e. The number of thioether (sulfide) groups is 1. The lowest BCUT2D eigenvalue weighted by Crippen LogP contribution is -2.14. The number of pyridine rings is 1. The van der Waals surface area contributed by atoms with Crippen LogP contribution in [0.5, 0.6) is 0 Å². The van der Waals surface area contributed by atoms with E-state index >= 15 is 0 Å². The van der Waals surface area contributed by atoms with Crippen molar-refractivity contribution in [3.05, 3.63) is 42.1 Å². The Balaban J connectivity index is 1.99. The molecule has 0 amide bonds. The fourth-order valence-corrected chi connectivity index (χ4v) is 2.41. The first-order chi connectivity index (χ1) is 8.29. The van der Waals surface area contributed by atoms with Crippen LogP contribution in [0.3, 0.4) is 0 Å². The molecule has 0 radical (unpaired) electrons. The van der Waals surface area contributed by atoms with Crippen LogP contribution in [0.15, 0.2) is 36.4 Å². The minimum absolute atomic E-state index is 0.182. The Kier molecular flexibility index (Phi) is 4.36. The Morgan fingerprint density at radius 1 is 1.18 bits per heavy atom. The summed E-state index contributed by atoms with van der Waals surface area (Å²) in [6.45, 7) is -0.182. The van der Waals surface area contributed by atoms with E-state index in [0.717, 1.165) is 22.3 Å². The number of benzene rings is 1. The van der Waals surface area contributed by atoms with Crippen LogP contribution in [-0.2, 0) is 5.75 Å². The molecular formula is C13H15NO2S. The maximum atomic E-state index is 9.22. The second kappa shape index (κ2) is 6.00. The van der Waals surface area contributed by atoms with E-state index in [1.807, 2.05) is 30.3 Å². The van der Waals surface area contributed by atoms with Crippen molar-refractivity contribution in [2.75, 3.05) is 12.4 Å². The zero-order valence-corrected chi connectivity index (χ0v) is 10.2. The van der Waals surface area contributed by atoms with Crippen molar-refractivity contribution >= 4 is 22.7 Å². The third kappa shape index (κ3) is 3.43. The van der Waals surface area contributed by atoms with Crippen LogP contribution in [0.2, 0.25) is 0 Å². The van der Waals surface area contributed by atoms with Gasteiger partial charge in [0.25, 0.3) is 0 Å². The van der Waals surface area contributed by atoms with Crippen LogP contribution in [0.1, 0.15) is 5.69 Å². The van der Waals surface area contributed by atoms with E-state index in [4.69, 9.17) is 5.11 Å². The van der Waals surface area contributed by atoms with Crippen LogP contribution in [0.4, 0.5) is 0 Å². The van der Waals surface area contributed by atoms with Crippen LogP contribution in [0.25, 0.3) is 10.9 Å². The van der Waals surface area contributed by atoms with Crippen molar-refractivity contribution in [1.82, 2.24) is 4.98 Å². The summed E-state index contributed by atoms with van der Waals surface area (Å²) in [7, 11) is 0. The van der Waals surface area contributed by atoms with Gasteiger partial charge in [0.1, 0.15) is 0 Å². The number of aromatic nitrogens is 1. The number of nitrogens with zero attached hydrogens (tertiary/aromatic N) is 1. The van der Waals surface area contributed by atoms with Gasteiger partial charge >= 0.3 is 0 Å². The Morgan fingerprint density at radius 3 is 2.82 bits per heavy atom. The fraction of sp³-hybridized carbons (Fsp3) is 0.308. The molecule has 3 nitrogen and oxygen atoms in total. The highest BCUT2D eigenvalue weighted by Gasteiger charge is 2.03. The quantitative estimate of drug-likeness (QED) is 0.848. The monoisotopic (exact) mass is 249 g/mol. The molecule has 1 heterocycles. The van der Waals surface area contributed by atoms with Gasteiger partial charge in [-0.1, -0.05) is 24.3 Å². The molecule has 2 aromatic rings. The maximum absolute atomic E-state index is 9.22. The van der Waals surface area contributed by atoms with E-state index in [9.17, 15) is 5.11 Å². The number of hydrogen-bond acceptors (Lipinski definition) is 4. The van der Waals surface area contributed by atoms with E-state index in [1.54, 1.807) is 11.8 Å². The maximum Gasteiger partial charge on any atom is 0.0861 e. The van der Waals surface area contributed by atoms with Gasteiger partial charge in [0.15, 0.2) is 0 Å². The van der Waals surface area contributed by atoms with Gasteiger partial charge in [-0.2, -0.15) is 11.8 Å². The van der Waals surface area contributed by atoms with Gasteiger partial charge in [0.05, 0.1) is 23.9 Å². The molecule has 0 bridgehead atoms. The Bertz CT molecular complexity index is 490. The summed E-state index contributed by atoms with van der Waals surface area (Å²) in [4.78, 5) is 4.53. The molecule has 0 spiro atoms. The lowest BCUT2D eigenvalue weighted by atomic mass is 10.2. The molecule has 0 aliphatic heterocycles. The summed E-state index contributed by atoms with van der Waals surface area (Å²) in [6, 6.07) is 12.1. The Labute approximate surface area is 105 Å². The van der Waals surface area contributed by atoms with Gasteiger partial charge in [0.2, 0.25) is 0 Å². The number of fused-ring (bicyclic) bond motifs is 1. The van der Waals surface area contributed by atoms with Gasteiger partial charge in [0, 0.05) is 16.9 Å². The van der Waals surface area contributed by atoms with E-state index in [-0.39, 0.29) is 6.61 Å². The molecule has 0 aliphatic carbocycles. The van der Waals surface area contributed by atoms with Crippen LogP contribution >= 0.6 is 11.8 Å². The normalized spacial score (nSPS) is 12.8. The molecule has 0 saturated heterocycles. The second-order valence-corrected chi connectivity index (χ2v) is 4.88. The van der Waals surface area contributed by atoms with Crippen molar-refractivity contribution in [2.45, 2.75) is 11.9 Å². The Hall–Kier alpha value is -1.10. The van der Waals surface area contributed by atoms with Crippen molar-refractivity contribution in [3.8, 4) is 0 Å². The van der Waals surface area contributed by atoms with E-state index in [2.05, 4.69) is 11.1 Å². The lowest BCUT2D eigenvalue weighted by molar-refractivity contribution is 0.113. The summed E-state index contributed by atoms with van der Waals surface area (Å²) in [6.07, 6.45) is -0.638. The number of aliphatic hydroxyl groups is 2. The summed E-state index contributed by atoms with van der Waals surface area (Å²) in [5.41, 5.74) is 1.99. The average molecular weight is 249 g/mol. The lowest BCUT2D eigenvalue weighted by Gasteiger charge is -2.06. The largest absolute Gasteiger partial charge is 0.394 e. The molecule has 0 saturated carbocycles. The Morgan fingerprint density at radius 2 is 2.00 bits per heavy atom. The topological polar surface area (TPSA) is 53.4 Å². The molecule has 4 heteroatoms. The van der Waals surface area contributed by atoms with Crippen LogP contribution < -0.4 is 0 Å². The predicted octanol–water partition coefficient (Wildman–Crippen LogP) is 1.82. The van der Waals surface area contributed by atoms with Gasteiger partial charge in [-0.3, -0.25) is 4.98 Å². The van der Waals surface area contributed by atoms with Crippen molar-refractivity contribution in [3.63, 3.8) is 0 Å². The van der Waals surface area contributed by atoms with Gasteiger partial charge < -0.3 is 10.2 Å². The summed E-state index contributed by atoms with van der Waals surface area (Å²) in [5, 5.41) is 19.0. The highest BCUT2D eigenvalue weighted by Crippen LogP contribution is 2.16. The second-order valence-electron chi connectivity index (χ2n) is 3.85. The summed E-state index contributed by atoms with van der Waals surface area (Å²) in [5.74, 6) is 1.28. The van der Waals surface area contributed by atoms with Gasteiger partial charge in [-0.25, -0.2) is 0 Å². The van der Waals surface area contributed by atoms with Crippen LogP contribution in [-0.4, -0.2) is 33.7 Å².